The van der Waals surface area contributed by atoms with Crippen molar-refractivity contribution in [2.45, 2.75) is 254 Å². The Hall–Kier alpha value is -0.280. The minimum atomic E-state index is 0.216. The molecule has 0 aromatic rings. The summed E-state index contributed by atoms with van der Waals surface area (Å²) < 4.78 is 0. The number of ketones is 1. The molecule has 52 heavy (non-hydrogen) atoms. The molecule has 0 aliphatic rings. The zero-order valence-corrected chi connectivity index (χ0v) is 38.1. The van der Waals surface area contributed by atoms with E-state index in [1.165, 1.54) is 197 Å². The third kappa shape index (κ3) is 33.1. The third-order valence-electron chi connectivity index (χ3n) is 12.2. The molecular weight excluding hydrogens is 651 g/mol. The highest BCUT2D eigenvalue weighted by molar-refractivity contribution is 8.03. The van der Waals surface area contributed by atoms with E-state index in [2.05, 4.69) is 67.0 Å². The van der Waals surface area contributed by atoms with Crippen molar-refractivity contribution in [2.24, 2.45) is 16.7 Å². The van der Waals surface area contributed by atoms with Crippen LogP contribution in [0.1, 0.15) is 254 Å². The van der Waals surface area contributed by atoms with Crippen molar-refractivity contribution in [1.82, 2.24) is 4.90 Å². The molecular formula is C49H97NOS. The lowest BCUT2D eigenvalue weighted by atomic mass is 9.81. The van der Waals surface area contributed by atoms with Crippen LogP contribution < -0.4 is 0 Å². The Kier molecular flexibility index (Phi) is 35.0. The molecule has 0 N–H and O–H groups in total. The van der Waals surface area contributed by atoms with Crippen LogP contribution in [0.5, 0.6) is 0 Å². The second-order valence-electron chi connectivity index (χ2n) is 18.5. The van der Waals surface area contributed by atoms with Crippen LogP contribution in [0.25, 0.3) is 0 Å². The Labute approximate surface area is 334 Å². The van der Waals surface area contributed by atoms with E-state index in [1.807, 2.05) is 11.8 Å². The average Bonchev–Trinajstić information content (AvgIpc) is 3.11. The van der Waals surface area contributed by atoms with E-state index in [4.69, 9.17) is 0 Å². The smallest absolute Gasteiger partial charge is 0.133 e. The first-order valence-electron chi connectivity index (χ1n) is 23.5. The lowest BCUT2D eigenvalue weighted by Gasteiger charge is -2.27. The Morgan fingerprint density at radius 1 is 0.577 bits per heavy atom. The molecule has 0 aliphatic heterocycles. The molecule has 0 fully saturated rings. The second kappa shape index (κ2) is 35.2. The minimum Gasteiger partial charge on any atom is -0.307 e. The molecule has 0 bridgehead atoms. The van der Waals surface area contributed by atoms with E-state index in [1.54, 1.807) is 0 Å². The van der Waals surface area contributed by atoms with Gasteiger partial charge in [0.15, 0.2) is 0 Å². The van der Waals surface area contributed by atoms with Crippen LogP contribution in [0.15, 0.2) is 11.5 Å². The zero-order chi connectivity index (χ0) is 38.8. The van der Waals surface area contributed by atoms with Crippen molar-refractivity contribution in [3.63, 3.8) is 0 Å². The van der Waals surface area contributed by atoms with Gasteiger partial charge in [0.05, 0.1) is 0 Å². The summed E-state index contributed by atoms with van der Waals surface area (Å²) in [5, 5.41) is 0. The van der Waals surface area contributed by atoms with Gasteiger partial charge in [-0.05, 0) is 86.1 Å². The fourth-order valence-electron chi connectivity index (χ4n) is 7.83. The van der Waals surface area contributed by atoms with Gasteiger partial charge in [0.25, 0.3) is 0 Å². The number of hydrogen-bond donors (Lipinski definition) is 0. The molecule has 0 amide bonds. The molecule has 0 aliphatic carbocycles. The number of allylic oxidation sites excluding steroid dienone is 1. The van der Waals surface area contributed by atoms with Crippen molar-refractivity contribution in [3.8, 4) is 0 Å². The normalized spacial score (nSPS) is 12.9. The predicted octanol–water partition coefficient (Wildman–Crippen LogP) is 16.9. The highest BCUT2D eigenvalue weighted by Gasteiger charge is 2.22. The van der Waals surface area contributed by atoms with Gasteiger partial charge in [-0.1, -0.05) is 209 Å². The van der Waals surface area contributed by atoms with Crippen molar-refractivity contribution in [2.75, 3.05) is 25.9 Å². The number of unbranched alkanes of at least 4 members (excludes halogenated alkanes) is 20. The van der Waals surface area contributed by atoms with Gasteiger partial charge in [0.2, 0.25) is 0 Å². The molecule has 0 aromatic carbocycles. The predicted molar refractivity (Wildman–Crippen MR) is 240 cm³/mol. The number of hydrogen-bond acceptors (Lipinski definition) is 3. The maximum absolute atomic E-state index is 13.1. The molecule has 3 heteroatoms. The van der Waals surface area contributed by atoms with Crippen LogP contribution in [-0.2, 0) is 4.79 Å². The topological polar surface area (TPSA) is 20.3 Å². The van der Waals surface area contributed by atoms with Crippen LogP contribution in [-0.4, -0.2) is 36.6 Å². The van der Waals surface area contributed by atoms with Crippen LogP contribution in [0.2, 0.25) is 0 Å². The van der Waals surface area contributed by atoms with Crippen molar-refractivity contribution < 1.29 is 4.79 Å². The van der Waals surface area contributed by atoms with Gasteiger partial charge in [-0.2, -0.15) is 0 Å². The number of nitrogens with zero attached hydrogens (tertiary/aromatic N) is 1. The molecule has 0 saturated heterocycles. The molecule has 310 valence electrons. The summed E-state index contributed by atoms with van der Waals surface area (Å²) in [6.45, 7) is 23.4. The molecule has 0 heterocycles. The molecule has 1 atom stereocenters. The quantitative estimate of drug-likeness (QED) is 0.0581. The van der Waals surface area contributed by atoms with E-state index in [0.717, 1.165) is 32.4 Å². The summed E-state index contributed by atoms with van der Waals surface area (Å²) in [5.41, 5.74) is 0.697. The number of thioether (sulfide) groups is 1. The van der Waals surface area contributed by atoms with Crippen LogP contribution in [0.4, 0.5) is 0 Å². The molecule has 0 radical (unpaired) electrons. The summed E-state index contributed by atoms with van der Waals surface area (Å²) in [6.07, 6.45) is 41.9. The van der Waals surface area contributed by atoms with Gasteiger partial charge in [-0.3, -0.25) is 4.79 Å². The fourth-order valence-corrected chi connectivity index (χ4v) is 8.92. The lowest BCUT2D eigenvalue weighted by molar-refractivity contribution is -0.120. The van der Waals surface area contributed by atoms with Gasteiger partial charge in [-0.25, -0.2) is 0 Å². The molecule has 0 rings (SSSR count). The van der Waals surface area contributed by atoms with Crippen molar-refractivity contribution >= 4 is 17.5 Å². The molecule has 2 nitrogen and oxygen atoms in total. The standard InChI is InChI=1S/C49H97NOS/c1-10-13-15-17-19-21-23-31-39-48(5,6)40-32-25-28-36-46(44-47(51)38-30-27-34-42-50(9)12-3)37-29-26-33-41-49(7,8)45(4)52-43-35-24-22-20-18-16-14-11-2/h46H,4,10-44H2,1-3,5-9H3. The van der Waals surface area contributed by atoms with E-state index in [-0.39, 0.29) is 5.41 Å². The third-order valence-corrected chi connectivity index (χ3v) is 13.6. The summed E-state index contributed by atoms with van der Waals surface area (Å²) in [7, 11) is 2.20. The van der Waals surface area contributed by atoms with Gasteiger partial charge in [-0.15, -0.1) is 11.8 Å². The lowest BCUT2D eigenvalue weighted by Crippen LogP contribution is -2.18. The van der Waals surface area contributed by atoms with Crippen molar-refractivity contribution in [1.29, 1.82) is 0 Å². The van der Waals surface area contributed by atoms with Gasteiger partial charge < -0.3 is 4.90 Å². The molecule has 0 saturated carbocycles. The zero-order valence-electron chi connectivity index (χ0n) is 37.3. The Balaban J connectivity index is 4.52. The summed E-state index contributed by atoms with van der Waals surface area (Å²) in [6, 6.07) is 0. The SMILES string of the molecule is C=C(SCCCCCCCCCC)C(C)(C)CCCCCC(CCCCCC(C)(C)CCCCCCCCCC)CC(=O)CCCCCN(C)CC. The Bertz CT molecular complexity index is 803. The first-order valence-corrected chi connectivity index (χ1v) is 24.5. The minimum absolute atomic E-state index is 0.216. The van der Waals surface area contributed by atoms with E-state index >= 15 is 0 Å². The first-order chi connectivity index (χ1) is 25.0. The Morgan fingerprint density at radius 2 is 1.02 bits per heavy atom. The summed E-state index contributed by atoms with van der Waals surface area (Å²) in [4.78, 5) is 16.9. The van der Waals surface area contributed by atoms with Crippen LogP contribution in [0, 0.1) is 16.7 Å². The maximum Gasteiger partial charge on any atom is 0.133 e. The van der Waals surface area contributed by atoms with E-state index < -0.39 is 0 Å². The average molecular weight is 748 g/mol. The van der Waals surface area contributed by atoms with Crippen LogP contribution in [0.3, 0.4) is 0 Å². The second-order valence-corrected chi connectivity index (χ2v) is 19.7. The maximum atomic E-state index is 13.1. The molecule has 0 aromatic heterocycles. The first kappa shape index (κ1) is 51.7. The fraction of sp³-hybridized carbons (Fsp3) is 0.939. The monoisotopic (exact) mass is 748 g/mol. The highest BCUT2D eigenvalue weighted by atomic mass is 32.2. The number of rotatable bonds is 41. The number of carbonyl (C=O) groups excluding carboxylic acids is 1. The molecule has 0 spiro atoms. The highest BCUT2D eigenvalue weighted by Crippen LogP contribution is 2.39. The Morgan fingerprint density at radius 3 is 1.54 bits per heavy atom. The number of Topliss-reactive ketones (excluding diaryl/α,β-unsaturated/α-hetero) is 1. The molecule has 1 unspecified atom stereocenters. The summed E-state index contributed by atoms with van der Waals surface area (Å²) >= 11 is 2.03. The van der Waals surface area contributed by atoms with E-state index in [9.17, 15) is 4.79 Å². The summed E-state index contributed by atoms with van der Waals surface area (Å²) in [5.74, 6) is 2.36. The largest absolute Gasteiger partial charge is 0.307 e. The van der Waals surface area contributed by atoms with Gasteiger partial charge in [0, 0.05) is 12.8 Å². The van der Waals surface area contributed by atoms with E-state index in [0.29, 0.717) is 17.1 Å². The number of carbonyl (C=O) groups is 1. The van der Waals surface area contributed by atoms with Crippen molar-refractivity contribution in [3.05, 3.63) is 11.5 Å². The van der Waals surface area contributed by atoms with Crippen LogP contribution >= 0.6 is 11.8 Å². The van der Waals surface area contributed by atoms with Gasteiger partial charge in [0.1, 0.15) is 5.78 Å². The van der Waals surface area contributed by atoms with Gasteiger partial charge >= 0.3 is 0 Å².